The fraction of sp³-hybridized carbons (Fsp3) is 0.348. The molecule has 0 spiro atoms. The Labute approximate surface area is 208 Å². The lowest BCUT2D eigenvalue weighted by molar-refractivity contribution is -0.119. The minimum atomic E-state index is -2.87. The Morgan fingerprint density at radius 2 is 2.00 bits per heavy atom. The van der Waals surface area contributed by atoms with Gasteiger partial charge >= 0.3 is 0 Å². The van der Waals surface area contributed by atoms with Crippen LogP contribution in [0.1, 0.15) is 22.6 Å². The van der Waals surface area contributed by atoms with Crippen molar-refractivity contribution in [2.24, 2.45) is 0 Å². The number of halogens is 3. The first kappa shape index (κ1) is 24.1. The summed E-state index contributed by atoms with van der Waals surface area (Å²) in [6, 6.07) is 11.1. The van der Waals surface area contributed by atoms with Crippen LogP contribution in [0.25, 0.3) is 0 Å². The third-order valence-electron chi connectivity index (χ3n) is 6.06. The molecule has 1 saturated heterocycles. The molecule has 188 valence electrons. The van der Waals surface area contributed by atoms with Crippen LogP contribution in [0, 0.1) is 5.82 Å². The van der Waals surface area contributed by atoms with Crippen LogP contribution in [0.4, 0.5) is 24.5 Å². The SMILES string of the molecule is CN1C(=O)[C@@H](NC(=O)c2nnn(Cc3ccccc3)n2)CSc2cc(N3CCC(F)(F)C3)c(F)cc21. The first-order valence-electron chi connectivity index (χ1n) is 11.2. The number of carbonyl (C=O) groups excluding carboxylic acids is 2. The largest absolute Gasteiger partial charge is 0.363 e. The van der Waals surface area contributed by atoms with Crippen LogP contribution in [0.3, 0.4) is 0 Å². The number of hydrogen-bond acceptors (Lipinski definition) is 7. The molecule has 0 saturated carbocycles. The fourth-order valence-electron chi connectivity index (χ4n) is 4.16. The number of amides is 2. The third kappa shape index (κ3) is 4.87. The summed E-state index contributed by atoms with van der Waals surface area (Å²) in [4.78, 5) is 30.2. The van der Waals surface area contributed by atoms with Gasteiger partial charge in [0.2, 0.25) is 5.91 Å². The number of aromatic nitrogens is 4. The third-order valence-corrected chi connectivity index (χ3v) is 7.20. The van der Waals surface area contributed by atoms with E-state index in [0.29, 0.717) is 17.1 Å². The number of nitrogens with one attached hydrogen (secondary N) is 1. The molecule has 1 atom stereocenters. The summed E-state index contributed by atoms with van der Waals surface area (Å²) in [6.45, 7) is -0.189. The number of carbonyl (C=O) groups is 2. The predicted molar refractivity (Wildman–Crippen MR) is 127 cm³/mol. The van der Waals surface area contributed by atoms with Gasteiger partial charge in [-0.25, -0.2) is 13.2 Å². The number of rotatable bonds is 5. The van der Waals surface area contributed by atoms with E-state index >= 15 is 0 Å². The Hall–Kier alpha value is -3.61. The Bertz CT molecular complexity index is 1300. The molecule has 3 heterocycles. The molecule has 9 nitrogen and oxygen atoms in total. The molecule has 0 bridgehead atoms. The summed E-state index contributed by atoms with van der Waals surface area (Å²) in [5, 5.41) is 14.4. The number of anilines is 2. The van der Waals surface area contributed by atoms with Crippen LogP contribution in [-0.4, -0.2) is 69.9 Å². The van der Waals surface area contributed by atoms with Gasteiger partial charge in [0, 0.05) is 36.7 Å². The lowest BCUT2D eigenvalue weighted by Gasteiger charge is -2.24. The smallest absolute Gasteiger partial charge is 0.293 e. The molecule has 0 aliphatic carbocycles. The molecule has 0 unspecified atom stereocenters. The molecule has 1 aromatic heterocycles. The number of benzene rings is 2. The lowest BCUT2D eigenvalue weighted by Crippen LogP contribution is -2.48. The van der Waals surface area contributed by atoms with Crippen molar-refractivity contribution in [3.63, 3.8) is 0 Å². The Balaban J connectivity index is 1.29. The Morgan fingerprint density at radius 1 is 1.22 bits per heavy atom. The molecule has 2 aromatic carbocycles. The second kappa shape index (κ2) is 9.45. The standard InChI is InChI=1S/C23H22F3N7O2S/c1-31-18-9-15(24)17(32-8-7-23(25,26)13-32)10-19(18)36-12-16(22(31)35)27-21(34)20-28-30-33(29-20)11-14-5-3-2-4-6-14/h2-6,9-10,16H,7-8,11-13H2,1H3,(H,27,34)/t16-/m0/s1. The molecule has 2 aliphatic heterocycles. The molecule has 1 fully saturated rings. The van der Waals surface area contributed by atoms with E-state index in [2.05, 4.69) is 20.7 Å². The van der Waals surface area contributed by atoms with E-state index in [9.17, 15) is 22.8 Å². The van der Waals surface area contributed by atoms with E-state index in [1.807, 2.05) is 30.3 Å². The molecule has 0 radical (unpaired) electrons. The topological polar surface area (TPSA) is 96.2 Å². The van der Waals surface area contributed by atoms with Gasteiger partial charge in [-0.15, -0.1) is 22.0 Å². The highest BCUT2D eigenvalue weighted by Gasteiger charge is 2.40. The molecule has 13 heteroatoms. The minimum Gasteiger partial charge on any atom is -0.363 e. The summed E-state index contributed by atoms with van der Waals surface area (Å²) < 4.78 is 42.2. The molecule has 3 aromatic rings. The van der Waals surface area contributed by atoms with Crippen molar-refractivity contribution < 1.29 is 22.8 Å². The van der Waals surface area contributed by atoms with Crippen molar-refractivity contribution in [2.75, 3.05) is 35.7 Å². The number of hydrogen-bond donors (Lipinski definition) is 1. The van der Waals surface area contributed by atoms with E-state index in [4.69, 9.17) is 0 Å². The molecular weight excluding hydrogens is 495 g/mol. The Morgan fingerprint density at radius 3 is 2.72 bits per heavy atom. The maximum atomic E-state index is 14.9. The van der Waals surface area contributed by atoms with Gasteiger partial charge in [-0.3, -0.25) is 9.59 Å². The highest BCUT2D eigenvalue weighted by atomic mass is 32.2. The highest BCUT2D eigenvalue weighted by molar-refractivity contribution is 7.99. The highest BCUT2D eigenvalue weighted by Crippen LogP contribution is 2.40. The van der Waals surface area contributed by atoms with Crippen molar-refractivity contribution in [1.82, 2.24) is 25.5 Å². The minimum absolute atomic E-state index is 0.0405. The zero-order valence-corrected chi connectivity index (χ0v) is 20.0. The van der Waals surface area contributed by atoms with Crippen molar-refractivity contribution in [1.29, 1.82) is 0 Å². The first-order chi connectivity index (χ1) is 17.2. The van der Waals surface area contributed by atoms with Gasteiger partial charge in [-0.1, -0.05) is 30.3 Å². The fourth-order valence-corrected chi connectivity index (χ4v) is 5.28. The Kier molecular flexibility index (Phi) is 6.33. The van der Waals surface area contributed by atoms with Crippen LogP contribution < -0.4 is 15.1 Å². The van der Waals surface area contributed by atoms with Gasteiger partial charge in [0.1, 0.15) is 11.9 Å². The average Bonchev–Trinajstić information content (AvgIpc) is 3.45. The summed E-state index contributed by atoms with van der Waals surface area (Å²) in [6.07, 6.45) is -0.340. The number of nitrogens with zero attached hydrogens (tertiary/aromatic N) is 6. The van der Waals surface area contributed by atoms with Crippen molar-refractivity contribution in [3.8, 4) is 0 Å². The number of tetrazole rings is 1. The van der Waals surface area contributed by atoms with Crippen LogP contribution in [0.15, 0.2) is 47.4 Å². The molecule has 2 aliphatic rings. The zero-order valence-electron chi connectivity index (χ0n) is 19.2. The molecule has 1 N–H and O–H groups in total. The van der Waals surface area contributed by atoms with Crippen LogP contribution in [-0.2, 0) is 11.3 Å². The molecule has 36 heavy (non-hydrogen) atoms. The van der Waals surface area contributed by atoms with E-state index in [1.54, 1.807) is 0 Å². The van der Waals surface area contributed by atoms with Gasteiger partial charge in [0.25, 0.3) is 17.7 Å². The quantitative estimate of drug-likeness (QED) is 0.556. The van der Waals surface area contributed by atoms with Crippen molar-refractivity contribution >= 4 is 35.0 Å². The van der Waals surface area contributed by atoms with Crippen molar-refractivity contribution in [2.45, 2.75) is 29.8 Å². The summed E-state index contributed by atoms with van der Waals surface area (Å²) in [7, 11) is 1.48. The van der Waals surface area contributed by atoms with E-state index < -0.39 is 36.1 Å². The van der Waals surface area contributed by atoms with E-state index in [-0.39, 0.29) is 30.2 Å². The maximum Gasteiger partial charge on any atom is 0.293 e. The van der Waals surface area contributed by atoms with Gasteiger partial charge in [0.05, 0.1) is 24.5 Å². The zero-order chi connectivity index (χ0) is 25.4. The summed E-state index contributed by atoms with van der Waals surface area (Å²) in [5.74, 6) is -4.71. The van der Waals surface area contributed by atoms with Gasteiger partial charge in [-0.05, 0) is 16.8 Å². The monoisotopic (exact) mass is 517 g/mol. The summed E-state index contributed by atoms with van der Waals surface area (Å²) in [5.41, 5.74) is 1.31. The maximum absolute atomic E-state index is 14.9. The van der Waals surface area contributed by atoms with Crippen LogP contribution >= 0.6 is 11.8 Å². The second-order valence-corrected chi connectivity index (χ2v) is 9.72. The van der Waals surface area contributed by atoms with Gasteiger partial charge < -0.3 is 15.1 Å². The van der Waals surface area contributed by atoms with Crippen molar-refractivity contribution in [3.05, 3.63) is 59.7 Å². The average molecular weight is 518 g/mol. The summed E-state index contributed by atoms with van der Waals surface area (Å²) >= 11 is 1.23. The first-order valence-corrected chi connectivity index (χ1v) is 12.2. The molecule has 2 amide bonds. The van der Waals surface area contributed by atoms with Gasteiger partial charge in [0.15, 0.2) is 0 Å². The predicted octanol–water partition coefficient (Wildman–Crippen LogP) is 2.57. The van der Waals surface area contributed by atoms with E-state index in [1.165, 1.54) is 45.5 Å². The number of likely N-dealkylation sites (N-methyl/N-ethyl adjacent to an activating group) is 1. The normalized spacial score (nSPS) is 19.2. The van der Waals surface area contributed by atoms with Crippen LogP contribution in [0.5, 0.6) is 0 Å². The number of fused-ring (bicyclic) bond motifs is 1. The number of alkyl halides is 2. The number of thioether (sulfide) groups is 1. The lowest BCUT2D eigenvalue weighted by atomic mass is 10.2. The molecule has 5 rings (SSSR count). The molecular formula is C23H22F3N7O2S. The van der Waals surface area contributed by atoms with E-state index in [0.717, 1.165) is 5.56 Å². The second-order valence-electron chi connectivity index (χ2n) is 8.66. The van der Waals surface area contributed by atoms with Crippen LogP contribution in [0.2, 0.25) is 0 Å². The van der Waals surface area contributed by atoms with Gasteiger partial charge in [-0.2, -0.15) is 4.80 Å².